The van der Waals surface area contributed by atoms with Crippen LogP contribution in [0.15, 0.2) is 18.3 Å². The molecule has 1 heterocycles. The highest BCUT2D eigenvalue weighted by Gasteiger charge is 2.07. The molecule has 0 unspecified atom stereocenters. The van der Waals surface area contributed by atoms with E-state index in [1.165, 1.54) is 6.07 Å². The van der Waals surface area contributed by atoms with Crippen molar-refractivity contribution in [1.29, 1.82) is 0 Å². The number of aliphatic hydroxyl groups excluding tert-OH is 1. The Morgan fingerprint density at radius 3 is 2.93 bits per heavy atom. The first kappa shape index (κ1) is 9.49. The molecule has 0 fully saturated rings. The summed E-state index contributed by atoms with van der Waals surface area (Å²) in [4.78, 5) is 2.98. The average Bonchev–Trinajstić information content (AvgIpc) is 2.51. The van der Waals surface area contributed by atoms with Crippen molar-refractivity contribution >= 4 is 22.5 Å². The van der Waals surface area contributed by atoms with E-state index in [1.54, 1.807) is 12.3 Å². The molecule has 1 aromatic carbocycles. The first-order valence-corrected chi connectivity index (χ1v) is 4.66. The number of rotatable bonds is 2. The Kier molecular flexibility index (Phi) is 2.44. The van der Waals surface area contributed by atoms with E-state index in [4.69, 9.17) is 16.7 Å². The highest BCUT2D eigenvalue weighted by molar-refractivity contribution is 6.31. The molecule has 0 aliphatic carbocycles. The predicted molar refractivity (Wildman–Crippen MR) is 54.1 cm³/mol. The fraction of sp³-hybridized carbons (Fsp3) is 0.200. The van der Waals surface area contributed by atoms with Gasteiger partial charge in [-0.05, 0) is 24.1 Å². The van der Waals surface area contributed by atoms with Gasteiger partial charge < -0.3 is 10.1 Å². The van der Waals surface area contributed by atoms with E-state index in [1.807, 2.05) is 0 Å². The molecule has 0 aliphatic rings. The van der Waals surface area contributed by atoms with E-state index in [2.05, 4.69) is 4.98 Å². The Morgan fingerprint density at radius 2 is 2.21 bits per heavy atom. The molecule has 2 N–H and O–H groups in total. The van der Waals surface area contributed by atoms with E-state index >= 15 is 0 Å². The molecule has 2 rings (SSSR count). The standard InChI is InChI=1S/C10H9ClFNO/c11-8-4-10-7(3-9(8)12)6(1-2-14)5-13-10/h3-5,13-14H,1-2H2. The average molecular weight is 214 g/mol. The summed E-state index contributed by atoms with van der Waals surface area (Å²) in [7, 11) is 0. The Hall–Kier alpha value is -1.06. The van der Waals surface area contributed by atoms with Crippen LogP contribution < -0.4 is 0 Å². The molecular formula is C10H9ClFNO. The van der Waals surface area contributed by atoms with E-state index in [-0.39, 0.29) is 11.6 Å². The minimum absolute atomic E-state index is 0.0528. The van der Waals surface area contributed by atoms with Crippen LogP contribution >= 0.6 is 11.6 Å². The number of nitrogens with one attached hydrogen (secondary N) is 1. The highest BCUT2D eigenvalue weighted by atomic mass is 35.5. The lowest BCUT2D eigenvalue weighted by atomic mass is 10.1. The van der Waals surface area contributed by atoms with Crippen LogP contribution in [0.2, 0.25) is 5.02 Å². The van der Waals surface area contributed by atoms with Gasteiger partial charge in [-0.2, -0.15) is 0 Å². The number of halogens is 2. The fourth-order valence-electron chi connectivity index (χ4n) is 1.50. The van der Waals surface area contributed by atoms with Gasteiger partial charge in [-0.3, -0.25) is 0 Å². The van der Waals surface area contributed by atoms with Crippen LogP contribution in [-0.4, -0.2) is 16.7 Å². The van der Waals surface area contributed by atoms with Gasteiger partial charge in [0.2, 0.25) is 0 Å². The van der Waals surface area contributed by atoms with Gasteiger partial charge in [-0.1, -0.05) is 11.6 Å². The zero-order valence-corrected chi connectivity index (χ0v) is 8.11. The minimum Gasteiger partial charge on any atom is -0.396 e. The number of fused-ring (bicyclic) bond motifs is 1. The molecular weight excluding hydrogens is 205 g/mol. The van der Waals surface area contributed by atoms with Gasteiger partial charge in [-0.15, -0.1) is 0 Å². The fourth-order valence-corrected chi connectivity index (χ4v) is 1.67. The zero-order valence-electron chi connectivity index (χ0n) is 7.35. The summed E-state index contributed by atoms with van der Waals surface area (Å²) in [6.45, 7) is 0.0528. The van der Waals surface area contributed by atoms with Crippen molar-refractivity contribution in [2.24, 2.45) is 0 Å². The zero-order chi connectivity index (χ0) is 10.1. The van der Waals surface area contributed by atoms with Crippen LogP contribution in [0.3, 0.4) is 0 Å². The molecule has 0 atom stereocenters. The van der Waals surface area contributed by atoms with Crippen molar-refractivity contribution in [2.75, 3.05) is 6.61 Å². The second kappa shape index (κ2) is 3.59. The molecule has 74 valence electrons. The lowest BCUT2D eigenvalue weighted by molar-refractivity contribution is 0.300. The summed E-state index contributed by atoms with van der Waals surface area (Å²) in [5, 5.41) is 9.67. The first-order chi connectivity index (χ1) is 6.72. The van der Waals surface area contributed by atoms with Crippen LogP contribution in [0, 0.1) is 5.82 Å². The molecule has 0 aliphatic heterocycles. The minimum atomic E-state index is -0.432. The lowest BCUT2D eigenvalue weighted by Crippen LogP contribution is -1.88. The molecule has 2 aromatic rings. The summed E-state index contributed by atoms with van der Waals surface area (Å²) in [6.07, 6.45) is 2.28. The van der Waals surface area contributed by atoms with Gasteiger partial charge in [0.15, 0.2) is 0 Å². The number of H-pyrrole nitrogens is 1. The van der Waals surface area contributed by atoms with Gasteiger partial charge in [0, 0.05) is 23.7 Å². The van der Waals surface area contributed by atoms with E-state index < -0.39 is 5.82 Å². The molecule has 14 heavy (non-hydrogen) atoms. The quantitative estimate of drug-likeness (QED) is 0.790. The number of aromatic nitrogens is 1. The topological polar surface area (TPSA) is 36.0 Å². The van der Waals surface area contributed by atoms with Gasteiger partial charge >= 0.3 is 0 Å². The molecule has 2 nitrogen and oxygen atoms in total. The number of benzene rings is 1. The van der Waals surface area contributed by atoms with Crippen LogP contribution in [0.25, 0.3) is 10.9 Å². The lowest BCUT2D eigenvalue weighted by Gasteiger charge is -1.97. The normalized spacial score (nSPS) is 11.1. The van der Waals surface area contributed by atoms with Crippen LogP contribution in [0.4, 0.5) is 4.39 Å². The molecule has 1 aromatic heterocycles. The molecule has 4 heteroatoms. The highest BCUT2D eigenvalue weighted by Crippen LogP contribution is 2.25. The third kappa shape index (κ3) is 1.49. The monoisotopic (exact) mass is 213 g/mol. The third-order valence-corrected chi connectivity index (χ3v) is 2.48. The molecule has 0 saturated carbocycles. The smallest absolute Gasteiger partial charge is 0.142 e. The maximum Gasteiger partial charge on any atom is 0.142 e. The number of hydrogen-bond acceptors (Lipinski definition) is 1. The summed E-state index contributed by atoms with van der Waals surface area (Å²) in [5.74, 6) is -0.432. The van der Waals surface area contributed by atoms with Crippen LogP contribution in [0.1, 0.15) is 5.56 Å². The molecule has 0 spiro atoms. The third-order valence-electron chi connectivity index (χ3n) is 2.19. The van der Waals surface area contributed by atoms with E-state index in [9.17, 15) is 4.39 Å². The van der Waals surface area contributed by atoms with Crippen molar-refractivity contribution in [2.45, 2.75) is 6.42 Å². The number of aromatic amines is 1. The SMILES string of the molecule is OCCc1c[nH]c2cc(Cl)c(F)cc12. The molecule has 0 saturated heterocycles. The van der Waals surface area contributed by atoms with Crippen molar-refractivity contribution in [1.82, 2.24) is 4.98 Å². The Morgan fingerprint density at radius 1 is 1.43 bits per heavy atom. The molecule has 0 radical (unpaired) electrons. The summed E-state index contributed by atoms with van der Waals surface area (Å²) in [5.41, 5.74) is 1.69. The summed E-state index contributed by atoms with van der Waals surface area (Å²) < 4.78 is 13.1. The second-order valence-corrected chi connectivity index (χ2v) is 3.51. The van der Waals surface area contributed by atoms with Crippen molar-refractivity contribution in [3.05, 3.63) is 34.7 Å². The van der Waals surface area contributed by atoms with Crippen LogP contribution in [0.5, 0.6) is 0 Å². The Labute approximate surface area is 85.3 Å². The van der Waals surface area contributed by atoms with Crippen molar-refractivity contribution in [3.8, 4) is 0 Å². The maximum absolute atomic E-state index is 13.1. The molecule has 0 bridgehead atoms. The summed E-state index contributed by atoms with van der Waals surface area (Å²) >= 11 is 5.63. The first-order valence-electron chi connectivity index (χ1n) is 4.28. The number of hydrogen-bond donors (Lipinski definition) is 2. The van der Waals surface area contributed by atoms with Gasteiger partial charge in [-0.25, -0.2) is 4.39 Å². The van der Waals surface area contributed by atoms with Gasteiger partial charge in [0.25, 0.3) is 0 Å². The van der Waals surface area contributed by atoms with Gasteiger partial charge in [0.1, 0.15) is 5.82 Å². The van der Waals surface area contributed by atoms with Crippen molar-refractivity contribution < 1.29 is 9.50 Å². The maximum atomic E-state index is 13.1. The second-order valence-electron chi connectivity index (χ2n) is 3.10. The van der Waals surface area contributed by atoms with Gasteiger partial charge in [0.05, 0.1) is 5.02 Å². The Bertz CT molecular complexity index is 466. The van der Waals surface area contributed by atoms with Crippen LogP contribution in [-0.2, 0) is 6.42 Å². The Balaban J connectivity index is 2.61. The molecule has 0 amide bonds. The predicted octanol–water partition coefficient (Wildman–Crippen LogP) is 2.50. The van der Waals surface area contributed by atoms with E-state index in [0.29, 0.717) is 6.42 Å². The summed E-state index contributed by atoms with van der Waals surface area (Å²) in [6, 6.07) is 2.94. The van der Waals surface area contributed by atoms with E-state index in [0.717, 1.165) is 16.5 Å². The number of aliphatic hydroxyl groups is 1. The largest absolute Gasteiger partial charge is 0.396 e. The van der Waals surface area contributed by atoms with Crippen molar-refractivity contribution in [3.63, 3.8) is 0 Å².